The maximum atomic E-state index is 13.7. The van der Waals surface area contributed by atoms with Crippen molar-refractivity contribution in [2.45, 2.75) is 6.92 Å². The summed E-state index contributed by atoms with van der Waals surface area (Å²) in [6.45, 7) is 1.83. The number of nitrogens with zero attached hydrogens (tertiary/aromatic N) is 2. The van der Waals surface area contributed by atoms with Gasteiger partial charge in [-0.1, -0.05) is 17.7 Å². The summed E-state index contributed by atoms with van der Waals surface area (Å²) in [6, 6.07) is 5.05. The van der Waals surface area contributed by atoms with Gasteiger partial charge in [0.1, 0.15) is 5.82 Å². The van der Waals surface area contributed by atoms with Gasteiger partial charge in [-0.3, -0.25) is 4.79 Å². The van der Waals surface area contributed by atoms with Gasteiger partial charge >= 0.3 is 6.03 Å². The van der Waals surface area contributed by atoms with Gasteiger partial charge in [0, 0.05) is 4.88 Å². The number of thiophene rings is 1. The molecule has 0 saturated heterocycles. The number of anilines is 2. The summed E-state index contributed by atoms with van der Waals surface area (Å²) in [5.74, 6) is -1.16. The number of amides is 3. The summed E-state index contributed by atoms with van der Waals surface area (Å²) < 4.78 is 15.2. The molecule has 0 unspecified atom stereocenters. The molecule has 2 heterocycles. The molecular weight excluding hydrogens is 381 g/mol. The van der Waals surface area contributed by atoms with E-state index in [1.807, 2.05) is 6.92 Å². The highest BCUT2D eigenvalue weighted by molar-refractivity contribution is 7.14. The minimum Gasteiger partial charge on any atom is -0.365 e. The zero-order valence-corrected chi connectivity index (χ0v) is 15.0. The van der Waals surface area contributed by atoms with Crippen LogP contribution in [0.3, 0.4) is 0 Å². The van der Waals surface area contributed by atoms with E-state index in [1.54, 1.807) is 12.3 Å². The molecule has 0 saturated carbocycles. The molecule has 134 valence electrons. The molecule has 10 heteroatoms. The number of rotatable bonds is 4. The fourth-order valence-corrected chi connectivity index (χ4v) is 3.30. The van der Waals surface area contributed by atoms with Gasteiger partial charge in [-0.05, 0) is 25.1 Å². The lowest BCUT2D eigenvalue weighted by Gasteiger charge is -2.08. The molecule has 0 aliphatic heterocycles. The molecule has 0 atom stereocenters. The lowest BCUT2D eigenvalue weighted by molar-refractivity contribution is 0.100. The summed E-state index contributed by atoms with van der Waals surface area (Å²) in [4.78, 5) is 24.6. The molecule has 1 aromatic carbocycles. The third-order valence-electron chi connectivity index (χ3n) is 3.42. The Morgan fingerprint density at radius 1 is 1.35 bits per heavy atom. The molecule has 3 aromatic rings. The van der Waals surface area contributed by atoms with Crippen molar-refractivity contribution in [1.82, 2.24) is 9.78 Å². The first-order chi connectivity index (χ1) is 12.3. The van der Waals surface area contributed by atoms with E-state index in [1.165, 1.54) is 40.4 Å². The summed E-state index contributed by atoms with van der Waals surface area (Å²) in [6.07, 6.45) is 2.98. The predicted molar refractivity (Wildman–Crippen MR) is 98.7 cm³/mol. The minimum absolute atomic E-state index is 0.0868. The molecule has 0 spiro atoms. The molecule has 0 bridgehead atoms. The summed E-state index contributed by atoms with van der Waals surface area (Å²) in [7, 11) is 0. The number of hydrogen-bond acceptors (Lipinski definition) is 4. The van der Waals surface area contributed by atoms with E-state index in [0.717, 1.165) is 4.88 Å². The van der Waals surface area contributed by atoms with Crippen molar-refractivity contribution in [2.75, 3.05) is 10.6 Å². The number of carbonyl (C=O) groups is 2. The van der Waals surface area contributed by atoms with Crippen LogP contribution in [-0.2, 0) is 0 Å². The second-order valence-electron chi connectivity index (χ2n) is 5.27. The minimum atomic E-state index is -0.670. The second kappa shape index (κ2) is 7.14. The average molecular weight is 394 g/mol. The number of halogens is 2. The molecule has 0 radical (unpaired) electrons. The molecule has 0 aliphatic carbocycles. The van der Waals surface area contributed by atoms with Crippen LogP contribution < -0.4 is 16.4 Å². The number of aryl methyl sites for hydroxylation is 1. The van der Waals surface area contributed by atoms with Crippen LogP contribution in [0.4, 0.5) is 20.6 Å². The average Bonchev–Trinajstić information content (AvgIpc) is 3.17. The monoisotopic (exact) mass is 393 g/mol. The van der Waals surface area contributed by atoms with Gasteiger partial charge in [0.15, 0.2) is 0 Å². The van der Waals surface area contributed by atoms with Gasteiger partial charge in [-0.15, -0.1) is 11.3 Å². The maximum Gasteiger partial charge on any atom is 0.323 e. The smallest absolute Gasteiger partial charge is 0.323 e. The van der Waals surface area contributed by atoms with Crippen molar-refractivity contribution in [2.24, 2.45) is 5.73 Å². The zero-order chi connectivity index (χ0) is 18.8. The van der Waals surface area contributed by atoms with Crippen LogP contribution >= 0.6 is 22.9 Å². The molecule has 7 nitrogen and oxygen atoms in total. The Balaban J connectivity index is 1.74. The second-order valence-corrected chi connectivity index (χ2v) is 6.93. The Morgan fingerprint density at radius 3 is 2.77 bits per heavy atom. The van der Waals surface area contributed by atoms with Gasteiger partial charge in [-0.2, -0.15) is 5.10 Å². The van der Waals surface area contributed by atoms with Gasteiger partial charge in [0.25, 0.3) is 5.91 Å². The Bertz CT molecular complexity index is 980. The zero-order valence-electron chi connectivity index (χ0n) is 13.4. The predicted octanol–water partition coefficient (Wildman–Crippen LogP) is 3.78. The Morgan fingerprint density at radius 2 is 2.12 bits per heavy atom. The molecular formula is C16H13ClFN5O2S. The maximum absolute atomic E-state index is 13.7. The quantitative estimate of drug-likeness (QED) is 0.628. The van der Waals surface area contributed by atoms with Crippen LogP contribution in [0.25, 0.3) is 5.69 Å². The van der Waals surface area contributed by atoms with Crippen LogP contribution in [0.5, 0.6) is 0 Å². The number of urea groups is 1. The van der Waals surface area contributed by atoms with Gasteiger partial charge in [-0.25, -0.2) is 13.9 Å². The fourth-order valence-electron chi connectivity index (χ4n) is 2.23. The van der Waals surface area contributed by atoms with Crippen LogP contribution in [0, 0.1) is 12.7 Å². The first-order valence-corrected chi connectivity index (χ1v) is 8.52. The topological polar surface area (TPSA) is 102 Å². The van der Waals surface area contributed by atoms with Crippen molar-refractivity contribution in [1.29, 1.82) is 0 Å². The number of para-hydroxylation sites is 1. The summed E-state index contributed by atoms with van der Waals surface area (Å²) in [5, 5.41) is 9.12. The van der Waals surface area contributed by atoms with Crippen LogP contribution in [-0.4, -0.2) is 21.7 Å². The van der Waals surface area contributed by atoms with Crippen LogP contribution in [0.2, 0.25) is 5.02 Å². The normalized spacial score (nSPS) is 10.6. The first-order valence-electron chi connectivity index (χ1n) is 7.32. The summed E-state index contributed by atoms with van der Waals surface area (Å²) in [5.41, 5.74) is 6.22. The van der Waals surface area contributed by atoms with Crippen molar-refractivity contribution in [3.8, 4) is 5.69 Å². The first kappa shape index (κ1) is 17.9. The largest absolute Gasteiger partial charge is 0.365 e. The van der Waals surface area contributed by atoms with Crippen molar-refractivity contribution < 1.29 is 14.0 Å². The standard InChI is InChI=1S/C16H13ClFN5O2S/c1-8-12(5-13(26-8)15(19)24)23-7-9(6-20-23)21-16(25)22-14-10(17)3-2-4-11(14)18/h2-7H,1H3,(H2,19,24)(H2,21,22,25). The Labute approximate surface area is 156 Å². The molecule has 3 amide bonds. The van der Waals surface area contributed by atoms with Crippen molar-refractivity contribution >= 4 is 46.3 Å². The third-order valence-corrected chi connectivity index (χ3v) is 4.79. The van der Waals surface area contributed by atoms with Crippen molar-refractivity contribution in [3.63, 3.8) is 0 Å². The highest BCUT2D eigenvalue weighted by Gasteiger charge is 2.14. The highest BCUT2D eigenvalue weighted by atomic mass is 35.5. The van der Waals surface area contributed by atoms with E-state index in [-0.39, 0.29) is 10.7 Å². The molecule has 3 rings (SSSR count). The van der Waals surface area contributed by atoms with Crippen molar-refractivity contribution in [3.05, 3.63) is 57.3 Å². The van der Waals surface area contributed by atoms with Crippen LogP contribution in [0.1, 0.15) is 14.5 Å². The molecule has 26 heavy (non-hydrogen) atoms. The van der Waals surface area contributed by atoms with Gasteiger partial charge in [0.2, 0.25) is 0 Å². The molecule has 4 N–H and O–H groups in total. The number of aromatic nitrogens is 2. The SMILES string of the molecule is Cc1sc(C(N)=O)cc1-n1cc(NC(=O)Nc2c(F)cccc2Cl)cn1. The van der Waals surface area contributed by atoms with E-state index in [4.69, 9.17) is 17.3 Å². The Kier molecular flexibility index (Phi) is 4.92. The van der Waals surface area contributed by atoms with E-state index in [0.29, 0.717) is 16.3 Å². The Hall–Kier alpha value is -2.91. The van der Waals surface area contributed by atoms with E-state index in [2.05, 4.69) is 15.7 Å². The molecule has 2 aromatic heterocycles. The number of nitrogens with one attached hydrogen (secondary N) is 2. The highest BCUT2D eigenvalue weighted by Crippen LogP contribution is 2.26. The number of hydrogen-bond donors (Lipinski definition) is 3. The van der Waals surface area contributed by atoms with Crippen LogP contribution in [0.15, 0.2) is 36.7 Å². The van der Waals surface area contributed by atoms with E-state index < -0.39 is 17.8 Å². The molecule has 0 fully saturated rings. The van der Waals surface area contributed by atoms with E-state index in [9.17, 15) is 14.0 Å². The third kappa shape index (κ3) is 3.68. The van der Waals surface area contributed by atoms with E-state index >= 15 is 0 Å². The lowest BCUT2D eigenvalue weighted by Crippen LogP contribution is -2.20. The lowest BCUT2D eigenvalue weighted by atomic mass is 10.3. The number of benzene rings is 1. The van der Waals surface area contributed by atoms with Gasteiger partial charge in [0.05, 0.1) is 39.4 Å². The summed E-state index contributed by atoms with van der Waals surface area (Å²) >= 11 is 7.12. The molecule has 0 aliphatic rings. The number of nitrogens with two attached hydrogens (primary N) is 1. The fraction of sp³-hybridized carbons (Fsp3) is 0.0625. The number of carbonyl (C=O) groups excluding carboxylic acids is 2. The van der Waals surface area contributed by atoms with Gasteiger partial charge < -0.3 is 16.4 Å². The number of primary amides is 1.